The third-order valence-electron chi connectivity index (χ3n) is 3.85. The number of carbonyl (C=O) groups excluding carboxylic acids is 1. The van der Waals surface area contributed by atoms with E-state index in [0.717, 1.165) is 16.8 Å². The number of hydrogen-bond donors (Lipinski definition) is 0. The van der Waals surface area contributed by atoms with Gasteiger partial charge >= 0.3 is 5.97 Å². The molecule has 1 aliphatic heterocycles. The van der Waals surface area contributed by atoms with Crippen LogP contribution in [0.25, 0.3) is 11.3 Å². The largest absolute Gasteiger partial charge is 0.481 e. The number of alkyl halides is 1. The van der Waals surface area contributed by atoms with Crippen LogP contribution in [0.1, 0.15) is 29.9 Å². The Kier molecular flexibility index (Phi) is 3.39. The second-order valence-corrected chi connectivity index (χ2v) is 5.61. The summed E-state index contributed by atoms with van der Waals surface area (Å²) >= 11 is 0. The first-order valence-corrected chi connectivity index (χ1v) is 7.01. The molecule has 0 saturated carbocycles. The summed E-state index contributed by atoms with van der Waals surface area (Å²) in [7, 11) is 1.31. The van der Waals surface area contributed by atoms with Crippen LogP contribution in [0.15, 0.2) is 24.5 Å². The van der Waals surface area contributed by atoms with Crippen molar-refractivity contribution in [1.82, 2.24) is 9.55 Å². The van der Waals surface area contributed by atoms with Gasteiger partial charge in [-0.05, 0) is 26.0 Å². The van der Waals surface area contributed by atoms with Gasteiger partial charge in [0.2, 0.25) is 0 Å². The Balaban J connectivity index is 2.32. The SMILES string of the molecule is COC(=O)c1cc2c(n1CCF)-c1ccncc1OC2(C)C. The lowest BCUT2D eigenvalue weighted by molar-refractivity contribution is 0.0588. The Hall–Kier alpha value is -2.37. The summed E-state index contributed by atoms with van der Waals surface area (Å²) in [6.45, 7) is 3.32. The minimum absolute atomic E-state index is 0.0810. The molecule has 0 saturated heterocycles. The van der Waals surface area contributed by atoms with Crippen LogP contribution in [-0.4, -0.2) is 29.3 Å². The normalized spacial score (nSPS) is 14.7. The van der Waals surface area contributed by atoms with Gasteiger partial charge in [-0.2, -0.15) is 0 Å². The number of aromatic nitrogens is 2. The maximum Gasteiger partial charge on any atom is 0.354 e. The molecule has 1 aliphatic rings. The predicted octanol–water partition coefficient (Wildman–Crippen LogP) is 2.93. The molecule has 0 atom stereocenters. The lowest BCUT2D eigenvalue weighted by Gasteiger charge is -2.33. The number of rotatable bonds is 3. The Morgan fingerprint density at radius 3 is 2.95 bits per heavy atom. The molecule has 22 heavy (non-hydrogen) atoms. The average molecular weight is 304 g/mol. The summed E-state index contributed by atoms with van der Waals surface area (Å²) in [5, 5.41) is 0. The van der Waals surface area contributed by atoms with E-state index in [9.17, 15) is 9.18 Å². The van der Waals surface area contributed by atoms with Crippen LogP contribution in [0.4, 0.5) is 4.39 Å². The second kappa shape index (κ2) is 5.12. The van der Waals surface area contributed by atoms with Gasteiger partial charge in [-0.3, -0.25) is 4.98 Å². The molecular formula is C16H17FN2O3. The van der Waals surface area contributed by atoms with Gasteiger partial charge in [-0.25, -0.2) is 9.18 Å². The summed E-state index contributed by atoms with van der Waals surface area (Å²) in [5.41, 5.74) is 2.10. The third kappa shape index (κ3) is 2.06. The van der Waals surface area contributed by atoms with Crippen LogP contribution >= 0.6 is 0 Å². The zero-order valence-corrected chi connectivity index (χ0v) is 12.7. The van der Waals surface area contributed by atoms with Gasteiger partial charge in [-0.15, -0.1) is 0 Å². The van der Waals surface area contributed by atoms with E-state index in [0.29, 0.717) is 11.4 Å². The number of hydrogen-bond acceptors (Lipinski definition) is 4. The molecule has 6 heteroatoms. The summed E-state index contributed by atoms with van der Waals surface area (Å²) < 4.78 is 25.5. The molecule has 5 nitrogen and oxygen atoms in total. The van der Waals surface area contributed by atoms with E-state index < -0.39 is 18.2 Å². The molecule has 0 radical (unpaired) electrons. The zero-order valence-electron chi connectivity index (χ0n) is 12.7. The van der Waals surface area contributed by atoms with Crippen molar-refractivity contribution in [2.75, 3.05) is 13.8 Å². The average Bonchev–Trinajstić information content (AvgIpc) is 2.87. The molecule has 3 rings (SSSR count). The first-order chi connectivity index (χ1) is 10.5. The monoisotopic (exact) mass is 304 g/mol. The molecule has 0 aliphatic carbocycles. The molecule has 0 fully saturated rings. The zero-order chi connectivity index (χ0) is 15.9. The van der Waals surface area contributed by atoms with Crippen molar-refractivity contribution in [3.05, 3.63) is 35.8 Å². The lowest BCUT2D eigenvalue weighted by Crippen LogP contribution is -2.29. The number of carbonyl (C=O) groups is 1. The van der Waals surface area contributed by atoms with Gasteiger partial charge in [0.05, 0.1) is 25.5 Å². The van der Waals surface area contributed by atoms with Crippen molar-refractivity contribution >= 4 is 5.97 Å². The van der Waals surface area contributed by atoms with Crippen LogP contribution in [0.3, 0.4) is 0 Å². The summed E-state index contributed by atoms with van der Waals surface area (Å²) in [5.74, 6) is 0.129. The molecule has 0 aromatic carbocycles. The molecule has 0 bridgehead atoms. The highest BCUT2D eigenvalue weighted by molar-refractivity contribution is 5.91. The molecule has 2 aromatic heterocycles. The van der Waals surface area contributed by atoms with Crippen molar-refractivity contribution in [2.45, 2.75) is 26.0 Å². The van der Waals surface area contributed by atoms with Gasteiger partial charge in [-0.1, -0.05) is 0 Å². The predicted molar refractivity (Wildman–Crippen MR) is 78.6 cm³/mol. The highest BCUT2D eigenvalue weighted by Crippen LogP contribution is 2.46. The number of halogens is 1. The van der Waals surface area contributed by atoms with Crippen molar-refractivity contribution in [1.29, 1.82) is 0 Å². The first-order valence-electron chi connectivity index (χ1n) is 7.01. The standard InChI is InChI=1S/C16H17FN2O3/c1-16(2)11-8-12(15(20)21-3)19(7-5-17)14(11)10-4-6-18-9-13(10)22-16/h4,6,8-9H,5,7H2,1-3H3. The third-order valence-corrected chi connectivity index (χ3v) is 3.85. The molecule has 3 heterocycles. The van der Waals surface area contributed by atoms with E-state index in [1.165, 1.54) is 7.11 Å². The van der Waals surface area contributed by atoms with Crippen LogP contribution < -0.4 is 4.74 Å². The van der Waals surface area contributed by atoms with Crippen LogP contribution in [0.2, 0.25) is 0 Å². The topological polar surface area (TPSA) is 53.4 Å². The fraction of sp³-hybridized carbons (Fsp3) is 0.375. The quantitative estimate of drug-likeness (QED) is 0.818. The van der Waals surface area contributed by atoms with E-state index in [2.05, 4.69) is 4.98 Å². The molecule has 0 amide bonds. The first kappa shape index (κ1) is 14.6. The minimum atomic E-state index is -0.643. The summed E-state index contributed by atoms with van der Waals surface area (Å²) in [6.07, 6.45) is 3.28. The smallest absolute Gasteiger partial charge is 0.354 e. The second-order valence-electron chi connectivity index (χ2n) is 5.61. The van der Waals surface area contributed by atoms with E-state index >= 15 is 0 Å². The number of ether oxygens (including phenoxy) is 2. The Morgan fingerprint density at radius 1 is 1.50 bits per heavy atom. The van der Waals surface area contributed by atoms with E-state index in [1.807, 2.05) is 13.8 Å². The number of fused-ring (bicyclic) bond motifs is 3. The molecule has 0 N–H and O–H groups in total. The van der Waals surface area contributed by atoms with Crippen molar-refractivity contribution in [2.24, 2.45) is 0 Å². The van der Waals surface area contributed by atoms with E-state index in [-0.39, 0.29) is 6.54 Å². The van der Waals surface area contributed by atoms with Crippen molar-refractivity contribution in [3.8, 4) is 17.0 Å². The van der Waals surface area contributed by atoms with Gasteiger partial charge in [0, 0.05) is 17.3 Å². The molecule has 2 aromatic rings. The van der Waals surface area contributed by atoms with Crippen molar-refractivity contribution < 1.29 is 18.7 Å². The van der Waals surface area contributed by atoms with E-state index in [1.54, 1.807) is 29.1 Å². The highest BCUT2D eigenvalue weighted by Gasteiger charge is 2.37. The molecular weight excluding hydrogens is 287 g/mol. The van der Waals surface area contributed by atoms with Crippen molar-refractivity contribution in [3.63, 3.8) is 0 Å². The Morgan fingerprint density at radius 2 is 2.27 bits per heavy atom. The summed E-state index contributed by atoms with van der Waals surface area (Å²) in [4.78, 5) is 16.1. The van der Waals surface area contributed by atoms with Crippen LogP contribution in [0.5, 0.6) is 5.75 Å². The minimum Gasteiger partial charge on any atom is -0.481 e. The number of methoxy groups -OCH3 is 1. The van der Waals surface area contributed by atoms with Crippen LogP contribution in [0, 0.1) is 0 Å². The number of nitrogens with zero attached hydrogens (tertiary/aromatic N) is 2. The molecule has 0 spiro atoms. The maximum atomic E-state index is 13.0. The summed E-state index contributed by atoms with van der Waals surface area (Å²) in [6, 6.07) is 3.53. The number of esters is 1. The Bertz CT molecular complexity index is 737. The maximum absolute atomic E-state index is 13.0. The fourth-order valence-corrected chi connectivity index (χ4v) is 2.88. The molecule has 0 unspecified atom stereocenters. The molecule has 116 valence electrons. The number of pyridine rings is 1. The Labute approximate surface area is 127 Å². The lowest BCUT2D eigenvalue weighted by atomic mass is 9.92. The van der Waals surface area contributed by atoms with Gasteiger partial charge in [0.1, 0.15) is 23.7 Å². The van der Waals surface area contributed by atoms with Crippen LogP contribution in [-0.2, 0) is 16.9 Å². The van der Waals surface area contributed by atoms with Gasteiger partial charge in [0.15, 0.2) is 0 Å². The van der Waals surface area contributed by atoms with Gasteiger partial charge in [0.25, 0.3) is 0 Å². The van der Waals surface area contributed by atoms with E-state index in [4.69, 9.17) is 9.47 Å². The fourth-order valence-electron chi connectivity index (χ4n) is 2.88. The highest BCUT2D eigenvalue weighted by atomic mass is 19.1. The van der Waals surface area contributed by atoms with Gasteiger partial charge < -0.3 is 14.0 Å².